The Morgan fingerprint density at radius 1 is 0.474 bits per heavy atom. The summed E-state index contributed by atoms with van der Waals surface area (Å²) in [5.74, 6) is 0. The molecule has 0 saturated carbocycles. The number of hydrogen-bond acceptors (Lipinski definition) is 2. The molecule has 0 radical (unpaired) electrons. The van der Waals surface area contributed by atoms with Crippen LogP contribution in [-0.2, 0) is 0 Å². The van der Waals surface area contributed by atoms with E-state index in [0.29, 0.717) is 0 Å². The number of H-pyrrole nitrogens is 1. The highest BCUT2D eigenvalue weighted by atomic mass is 32.1. The second kappa shape index (κ2) is 20.2. The van der Waals surface area contributed by atoms with Crippen molar-refractivity contribution in [3.8, 4) is 44.8 Å². The fourth-order valence-corrected chi connectivity index (χ4v) is 7.54. The maximum Gasteiger partial charge on any atom is 0.0927 e. The molecular weight excluding hydrogens is 709 g/mol. The number of fused-ring (bicyclic) bond motifs is 4. The molecule has 0 unspecified atom stereocenters. The van der Waals surface area contributed by atoms with E-state index < -0.39 is 0 Å². The van der Waals surface area contributed by atoms with Crippen molar-refractivity contribution in [2.75, 3.05) is 0 Å². The molecule has 0 saturated heterocycles. The Kier molecular flexibility index (Phi) is 14.1. The molecule has 9 rings (SSSR count). The van der Waals surface area contributed by atoms with Crippen molar-refractivity contribution in [3.63, 3.8) is 0 Å². The molecule has 2 aromatic heterocycles. The van der Waals surface area contributed by atoms with Gasteiger partial charge >= 0.3 is 0 Å². The molecule has 2 nitrogen and oxygen atoms in total. The summed E-state index contributed by atoms with van der Waals surface area (Å²) in [4.78, 5) is 0. The highest BCUT2D eigenvalue weighted by Gasteiger charge is 2.11. The first kappa shape index (κ1) is 39.9. The van der Waals surface area contributed by atoms with E-state index >= 15 is 0 Å². The Labute approximate surface area is 341 Å². The molecule has 0 bridgehead atoms. The fourth-order valence-electron chi connectivity index (χ4n) is 6.42. The van der Waals surface area contributed by atoms with Crippen LogP contribution in [0.3, 0.4) is 0 Å². The molecule has 0 aliphatic carbocycles. The van der Waals surface area contributed by atoms with Crippen LogP contribution in [0.4, 0.5) is 0 Å². The van der Waals surface area contributed by atoms with Crippen molar-refractivity contribution in [1.29, 1.82) is 0 Å². The van der Waals surface area contributed by atoms with E-state index in [1.165, 1.54) is 58.8 Å². The minimum atomic E-state index is 0.951. The molecule has 2 heterocycles. The van der Waals surface area contributed by atoms with Crippen LogP contribution in [0.2, 0.25) is 0 Å². The lowest BCUT2D eigenvalue weighted by atomic mass is 9.96. The third-order valence-electron chi connectivity index (χ3n) is 9.29. The van der Waals surface area contributed by atoms with Crippen LogP contribution >= 0.6 is 11.3 Å². The normalized spacial score (nSPS) is 10.7. The van der Waals surface area contributed by atoms with Gasteiger partial charge in [-0.3, -0.25) is 5.10 Å². The SMILES string of the molecule is C=C/C=C\C.C=C/C=C\C.Cc1ccccc1.c1ccc(-c2cc(-c3cccc(-c4cccc(-c5ccc6sc7cc8ccccc8cc7c6c5)c4)c3)[nH]n2)cc1. The lowest BCUT2D eigenvalue weighted by Gasteiger charge is -2.08. The van der Waals surface area contributed by atoms with Crippen molar-refractivity contribution in [2.24, 2.45) is 0 Å². The van der Waals surface area contributed by atoms with E-state index in [-0.39, 0.29) is 0 Å². The number of aryl methyl sites for hydroxylation is 1. The van der Waals surface area contributed by atoms with Gasteiger partial charge in [-0.15, -0.1) is 11.3 Å². The Balaban J connectivity index is 0.000000271. The summed E-state index contributed by atoms with van der Waals surface area (Å²) >= 11 is 1.87. The highest BCUT2D eigenvalue weighted by Crippen LogP contribution is 2.39. The van der Waals surface area contributed by atoms with Gasteiger partial charge in [0.25, 0.3) is 0 Å². The molecule has 0 atom stereocenters. The largest absolute Gasteiger partial charge is 0.277 e. The van der Waals surface area contributed by atoms with Gasteiger partial charge in [0.2, 0.25) is 0 Å². The number of nitrogens with zero attached hydrogens (tertiary/aromatic N) is 1. The van der Waals surface area contributed by atoms with Gasteiger partial charge < -0.3 is 0 Å². The van der Waals surface area contributed by atoms with Crippen molar-refractivity contribution in [1.82, 2.24) is 10.2 Å². The summed E-state index contributed by atoms with van der Waals surface area (Å²) in [7, 11) is 0. The number of aromatic nitrogens is 2. The van der Waals surface area contributed by atoms with Crippen LogP contribution in [0.25, 0.3) is 75.7 Å². The average Bonchev–Trinajstić information content (AvgIpc) is 3.90. The van der Waals surface area contributed by atoms with E-state index in [2.05, 4.69) is 164 Å². The highest BCUT2D eigenvalue weighted by molar-refractivity contribution is 7.25. The summed E-state index contributed by atoms with van der Waals surface area (Å²) < 4.78 is 2.66. The second-order valence-electron chi connectivity index (χ2n) is 13.4. The Hall–Kier alpha value is -6.81. The maximum absolute atomic E-state index is 4.55. The summed E-state index contributed by atoms with van der Waals surface area (Å²) in [6.07, 6.45) is 11.2. The van der Waals surface area contributed by atoms with E-state index in [4.69, 9.17) is 0 Å². The van der Waals surface area contributed by atoms with Crippen molar-refractivity contribution >= 4 is 42.3 Å². The number of nitrogens with one attached hydrogen (secondary N) is 1. The number of benzene rings is 7. The molecule has 57 heavy (non-hydrogen) atoms. The van der Waals surface area contributed by atoms with Gasteiger partial charge in [-0.05, 0) is 96.3 Å². The van der Waals surface area contributed by atoms with Crippen LogP contribution < -0.4 is 0 Å². The lowest BCUT2D eigenvalue weighted by Crippen LogP contribution is -1.84. The number of allylic oxidation sites excluding steroid dienone is 6. The lowest BCUT2D eigenvalue weighted by molar-refractivity contribution is 1.10. The molecule has 7 aromatic carbocycles. The van der Waals surface area contributed by atoms with Gasteiger partial charge in [0.15, 0.2) is 0 Å². The molecule has 0 fully saturated rings. The third-order valence-corrected chi connectivity index (χ3v) is 10.4. The molecule has 9 aromatic rings. The molecule has 3 heteroatoms. The van der Waals surface area contributed by atoms with Gasteiger partial charge in [0, 0.05) is 31.3 Å². The number of hydrogen-bond donors (Lipinski definition) is 1. The number of rotatable bonds is 6. The molecule has 0 amide bonds. The number of thiophene rings is 1. The van der Waals surface area contributed by atoms with Crippen molar-refractivity contribution in [2.45, 2.75) is 20.8 Å². The molecular formula is C54H48N2S. The summed E-state index contributed by atoms with van der Waals surface area (Å²) in [5.41, 5.74) is 10.4. The minimum Gasteiger partial charge on any atom is -0.277 e. The zero-order valence-corrected chi connectivity index (χ0v) is 33.7. The van der Waals surface area contributed by atoms with Gasteiger partial charge in [-0.1, -0.05) is 183 Å². The third kappa shape index (κ3) is 10.5. The van der Waals surface area contributed by atoms with Crippen LogP contribution in [0.1, 0.15) is 19.4 Å². The zero-order chi connectivity index (χ0) is 39.8. The van der Waals surface area contributed by atoms with E-state index in [0.717, 1.165) is 22.5 Å². The first-order valence-electron chi connectivity index (χ1n) is 19.2. The van der Waals surface area contributed by atoms with Crippen LogP contribution in [0, 0.1) is 6.92 Å². The summed E-state index contributed by atoms with van der Waals surface area (Å²) in [6, 6.07) is 60.3. The smallest absolute Gasteiger partial charge is 0.0927 e. The van der Waals surface area contributed by atoms with Crippen LogP contribution in [-0.4, -0.2) is 10.2 Å². The fraction of sp³-hybridized carbons (Fsp3) is 0.0556. The van der Waals surface area contributed by atoms with Gasteiger partial charge in [0.1, 0.15) is 0 Å². The monoisotopic (exact) mass is 756 g/mol. The Morgan fingerprint density at radius 2 is 0.982 bits per heavy atom. The van der Waals surface area contributed by atoms with Crippen molar-refractivity contribution in [3.05, 3.63) is 225 Å². The summed E-state index contributed by atoms with van der Waals surface area (Å²) in [6.45, 7) is 12.9. The quantitative estimate of drug-likeness (QED) is 0.168. The molecule has 0 aliphatic rings. The molecule has 280 valence electrons. The molecule has 0 spiro atoms. The predicted octanol–water partition coefficient (Wildman–Crippen LogP) is 16.1. The summed E-state index contributed by atoms with van der Waals surface area (Å²) in [5, 5.41) is 13.0. The topological polar surface area (TPSA) is 28.7 Å². The van der Waals surface area contributed by atoms with Crippen LogP contribution in [0.15, 0.2) is 219 Å². The second-order valence-corrected chi connectivity index (χ2v) is 14.5. The molecule has 0 aliphatic heterocycles. The van der Waals surface area contributed by atoms with E-state index in [1.807, 2.05) is 85.9 Å². The van der Waals surface area contributed by atoms with Gasteiger partial charge in [-0.2, -0.15) is 5.10 Å². The first-order valence-corrected chi connectivity index (χ1v) is 20.0. The van der Waals surface area contributed by atoms with Gasteiger partial charge in [-0.25, -0.2) is 0 Å². The molecule has 1 N–H and O–H groups in total. The van der Waals surface area contributed by atoms with E-state index in [1.54, 1.807) is 12.2 Å². The van der Waals surface area contributed by atoms with E-state index in [9.17, 15) is 0 Å². The Morgan fingerprint density at radius 3 is 1.54 bits per heavy atom. The van der Waals surface area contributed by atoms with Crippen LogP contribution in [0.5, 0.6) is 0 Å². The first-order chi connectivity index (χ1) is 28.0. The number of aromatic amines is 1. The van der Waals surface area contributed by atoms with Crippen molar-refractivity contribution < 1.29 is 0 Å². The van der Waals surface area contributed by atoms with Gasteiger partial charge in [0.05, 0.1) is 11.4 Å². The minimum absolute atomic E-state index is 0.951. The predicted molar refractivity (Wildman–Crippen MR) is 252 cm³/mol. The maximum atomic E-state index is 4.55. The zero-order valence-electron chi connectivity index (χ0n) is 32.9. The Bertz CT molecular complexity index is 2730. The average molecular weight is 757 g/mol. The standard InChI is InChI=1S/C37H24N2S.C7H8.2C5H8/c1-2-8-24(9-3-1)34-23-35(39-38-34)31-15-7-14-27(19-31)25-12-6-13-26(18-25)30-16-17-36-32(21-30)33-20-28-10-4-5-11-29(28)22-37(33)40-36;1-7-5-3-2-4-6-7;2*1-3-5-4-2/h1-23H,(H,38,39);2-6H,1H3;2*3-5H,1H2,2H3/b;;2*5-4-.